The van der Waals surface area contributed by atoms with Crippen LogP contribution in [0.3, 0.4) is 0 Å². The Morgan fingerprint density at radius 1 is 1.12 bits per heavy atom. The number of esters is 1. The molecule has 0 aliphatic carbocycles. The average Bonchev–Trinajstić information content (AvgIpc) is 2.94. The normalized spacial score (nSPS) is 10.7. The van der Waals surface area contributed by atoms with Gasteiger partial charge in [-0.1, -0.05) is 41.9 Å². The van der Waals surface area contributed by atoms with Crippen LogP contribution in [0.4, 0.5) is 0 Å². The van der Waals surface area contributed by atoms with Crippen LogP contribution < -0.4 is 0 Å². The maximum Gasteiger partial charge on any atom is 0.339 e. The van der Waals surface area contributed by atoms with Crippen molar-refractivity contribution in [2.45, 2.75) is 20.3 Å². The Balaban J connectivity index is 1.73. The van der Waals surface area contributed by atoms with Gasteiger partial charge in [0.15, 0.2) is 0 Å². The maximum absolute atomic E-state index is 12.4. The zero-order valence-electron chi connectivity index (χ0n) is 14.2. The Hall–Kier alpha value is -2.59. The van der Waals surface area contributed by atoms with Crippen molar-refractivity contribution in [2.24, 2.45) is 0 Å². The standard InChI is InChI=1S/C20H19ClN2O2/c1-14-12-15(2)23(22-14)17-8-9-19(21)18(13-17)20(24)25-11-10-16-6-4-3-5-7-16/h3-9,12-13H,10-11H2,1-2H3. The molecule has 0 aliphatic heterocycles. The highest BCUT2D eigenvalue weighted by Gasteiger charge is 2.14. The number of ether oxygens (including phenoxy) is 1. The first kappa shape index (κ1) is 17.2. The molecule has 4 nitrogen and oxygen atoms in total. The average molecular weight is 355 g/mol. The number of halogens is 1. The summed E-state index contributed by atoms with van der Waals surface area (Å²) in [5.41, 5.74) is 4.16. The van der Waals surface area contributed by atoms with Gasteiger partial charge in [0.2, 0.25) is 0 Å². The monoisotopic (exact) mass is 354 g/mol. The molecule has 1 aromatic heterocycles. The number of aryl methyl sites for hydroxylation is 2. The van der Waals surface area contributed by atoms with Gasteiger partial charge in [0.25, 0.3) is 0 Å². The van der Waals surface area contributed by atoms with E-state index in [1.807, 2.05) is 56.3 Å². The number of carbonyl (C=O) groups is 1. The molecule has 0 aliphatic rings. The van der Waals surface area contributed by atoms with E-state index in [4.69, 9.17) is 16.3 Å². The van der Waals surface area contributed by atoms with Crippen molar-refractivity contribution < 1.29 is 9.53 Å². The van der Waals surface area contributed by atoms with Crippen LogP contribution in [-0.2, 0) is 11.2 Å². The summed E-state index contributed by atoms with van der Waals surface area (Å²) in [6, 6.07) is 17.1. The molecule has 3 aromatic rings. The minimum atomic E-state index is -0.427. The van der Waals surface area contributed by atoms with Crippen LogP contribution in [-0.4, -0.2) is 22.4 Å². The van der Waals surface area contributed by atoms with Gasteiger partial charge in [-0.05, 0) is 43.7 Å². The molecule has 1 heterocycles. The molecule has 5 heteroatoms. The van der Waals surface area contributed by atoms with E-state index in [1.54, 1.807) is 16.8 Å². The summed E-state index contributed by atoms with van der Waals surface area (Å²) in [4.78, 5) is 12.4. The summed E-state index contributed by atoms with van der Waals surface area (Å²) < 4.78 is 7.17. The van der Waals surface area contributed by atoms with E-state index in [-0.39, 0.29) is 0 Å². The van der Waals surface area contributed by atoms with Gasteiger partial charge < -0.3 is 4.74 Å². The van der Waals surface area contributed by atoms with Crippen LogP contribution in [0.15, 0.2) is 54.6 Å². The smallest absolute Gasteiger partial charge is 0.339 e. The molecule has 2 aromatic carbocycles. The lowest BCUT2D eigenvalue weighted by molar-refractivity contribution is 0.0509. The van der Waals surface area contributed by atoms with Gasteiger partial charge in [-0.25, -0.2) is 9.48 Å². The SMILES string of the molecule is Cc1cc(C)n(-c2ccc(Cl)c(C(=O)OCCc3ccccc3)c2)n1. The topological polar surface area (TPSA) is 44.1 Å². The van der Waals surface area contributed by atoms with Crippen molar-refractivity contribution in [1.82, 2.24) is 9.78 Å². The summed E-state index contributed by atoms with van der Waals surface area (Å²) in [7, 11) is 0. The third-order valence-electron chi connectivity index (χ3n) is 3.89. The molecule has 0 bridgehead atoms. The molecule has 128 valence electrons. The van der Waals surface area contributed by atoms with Gasteiger partial charge in [-0.2, -0.15) is 5.10 Å². The van der Waals surface area contributed by atoms with Crippen molar-refractivity contribution in [3.05, 3.63) is 82.1 Å². The first-order chi connectivity index (χ1) is 12.0. The predicted molar refractivity (Wildman–Crippen MR) is 98.5 cm³/mol. The van der Waals surface area contributed by atoms with Crippen molar-refractivity contribution >= 4 is 17.6 Å². The molecular weight excluding hydrogens is 336 g/mol. The van der Waals surface area contributed by atoms with E-state index in [2.05, 4.69) is 5.10 Å². The highest BCUT2D eigenvalue weighted by molar-refractivity contribution is 6.33. The molecule has 25 heavy (non-hydrogen) atoms. The Bertz CT molecular complexity index is 888. The third kappa shape index (κ3) is 4.09. The van der Waals surface area contributed by atoms with Gasteiger partial charge in [0.1, 0.15) is 0 Å². The molecule has 0 saturated carbocycles. The number of carbonyl (C=O) groups excluding carboxylic acids is 1. The summed E-state index contributed by atoms with van der Waals surface area (Å²) in [6.07, 6.45) is 0.668. The minimum Gasteiger partial charge on any atom is -0.462 e. The van der Waals surface area contributed by atoms with Crippen molar-refractivity contribution in [3.8, 4) is 5.69 Å². The molecular formula is C20H19ClN2O2. The molecule has 0 fully saturated rings. The predicted octanol–water partition coefficient (Wildman–Crippen LogP) is 4.54. The lowest BCUT2D eigenvalue weighted by Gasteiger charge is -2.10. The van der Waals surface area contributed by atoms with Gasteiger partial charge in [0, 0.05) is 12.1 Å². The Labute approximate surface area is 152 Å². The zero-order valence-corrected chi connectivity index (χ0v) is 15.0. The number of aromatic nitrogens is 2. The first-order valence-electron chi connectivity index (χ1n) is 8.09. The summed E-state index contributed by atoms with van der Waals surface area (Å²) in [5.74, 6) is -0.427. The van der Waals surface area contributed by atoms with Crippen molar-refractivity contribution in [2.75, 3.05) is 6.61 Å². The van der Waals surface area contributed by atoms with Crippen molar-refractivity contribution in [3.63, 3.8) is 0 Å². The van der Waals surface area contributed by atoms with E-state index in [0.29, 0.717) is 23.6 Å². The van der Waals surface area contributed by atoms with Crippen LogP contribution in [0, 0.1) is 13.8 Å². The Kier molecular flexibility index (Phi) is 5.19. The lowest BCUT2D eigenvalue weighted by atomic mass is 10.1. The molecule has 0 spiro atoms. The van der Waals surface area contributed by atoms with Crippen LogP contribution >= 0.6 is 11.6 Å². The van der Waals surface area contributed by atoms with Gasteiger partial charge >= 0.3 is 5.97 Å². The molecule has 0 radical (unpaired) electrons. The fraction of sp³-hybridized carbons (Fsp3) is 0.200. The maximum atomic E-state index is 12.4. The number of hydrogen-bond acceptors (Lipinski definition) is 3. The second kappa shape index (κ2) is 7.53. The van der Waals surface area contributed by atoms with E-state index in [9.17, 15) is 4.79 Å². The summed E-state index contributed by atoms with van der Waals surface area (Å²) >= 11 is 6.19. The molecule has 0 saturated heterocycles. The summed E-state index contributed by atoms with van der Waals surface area (Å²) in [5, 5.41) is 4.80. The van der Waals surface area contributed by atoms with E-state index in [0.717, 1.165) is 22.6 Å². The largest absolute Gasteiger partial charge is 0.462 e. The quantitative estimate of drug-likeness (QED) is 0.632. The summed E-state index contributed by atoms with van der Waals surface area (Å²) in [6.45, 7) is 4.20. The van der Waals surface area contributed by atoms with Crippen LogP contribution in [0.5, 0.6) is 0 Å². The van der Waals surface area contributed by atoms with Crippen LogP contribution in [0.1, 0.15) is 27.3 Å². The van der Waals surface area contributed by atoms with Crippen molar-refractivity contribution in [1.29, 1.82) is 0 Å². The number of rotatable bonds is 5. The van der Waals surface area contributed by atoms with Crippen LogP contribution in [0.25, 0.3) is 5.69 Å². The zero-order chi connectivity index (χ0) is 17.8. The van der Waals surface area contributed by atoms with Crippen LogP contribution in [0.2, 0.25) is 5.02 Å². The van der Waals surface area contributed by atoms with E-state index < -0.39 is 5.97 Å². The molecule has 3 rings (SSSR count). The number of hydrogen-bond donors (Lipinski definition) is 0. The van der Waals surface area contributed by atoms with E-state index >= 15 is 0 Å². The second-order valence-corrected chi connectivity index (χ2v) is 6.28. The Morgan fingerprint density at radius 3 is 2.56 bits per heavy atom. The van der Waals surface area contributed by atoms with Gasteiger partial charge in [0.05, 0.1) is 28.6 Å². The fourth-order valence-electron chi connectivity index (χ4n) is 2.68. The molecule has 0 amide bonds. The highest BCUT2D eigenvalue weighted by atomic mass is 35.5. The highest BCUT2D eigenvalue weighted by Crippen LogP contribution is 2.22. The minimum absolute atomic E-state index is 0.309. The second-order valence-electron chi connectivity index (χ2n) is 5.87. The number of nitrogens with zero attached hydrogens (tertiary/aromatic N) is 2. The third-order valence-corrected chi connectivity index (χ3v) is 4.22. The molecule has 0 unspecified atom stereocenters. The van der Waals surface area contributed by atoms with E-state index in [1.165, 1.54) is 0 Å². The Morgan fingerprint density at radius 2 is 1.88 bits per heavy atom. The number of benzene rings is 2. The molecule has 0 atom stereocenters. The first-order valence-corrected chi connectivity index (χ1v) is 8.46. The van der Waals surface area contributed by atoms with Gasteiger partial charge in [-0.3, -0.25) is 0 Å². The lowest BCUT2D eigenvalue weighted by Crippen LogP contribution is -2.10. The van der Waals surface area contributed by atoms with Gasteiger partial charge in [-0.15, -0.1) is 0 Å². The molecule has 0 N–H and O–H groups in total. The fourth-order valence-corrected chi connectivity index (χ4v) is 2.87.